The summed E-state index contributed by atoms with van der Waals surface area (Å²) in [7, 11) is -3.00. The third-order valence-corrected chi connectivity index (χ3v) is 7.55. The number of benzene rings is 1. The summed E-state index contributed by atoms with van der Waals surface area (Å²) in [6, 6.07) is 9.76. The lowest BCUT2D eigenvalue weighted by atomic mass is 10.1. The standard InChI is InChI=1S/C18H27NO3S2/c1-4-11-19(15-10-12-24(21,22)13-15)18(20)17(14(2)3)23-16-8-6-5-7-9-16/h5-9,14-15,17H,4,10-13H2,1-3H3/t15-,17-/m0/s1. The first-order chi connectivity index (χ1) is 11.3. The van der Waals surface area contributed by atoms with Crippen LogP contribution in [0.3, 0.4) is 0 Å². The summed E-state index contributed by atoms with van der Waals surface area (Å²) in [6.07, 6.45) is 1.40. The van der Waals surface area contributed by atoms with Crippen LogP contribution >= 0.6 is 11.8 Å². The minimum atomic E-state index is -3.00. The predicted molar refractivity (Wildman–Crippen MR) is 100.0 cm³/mol. The number of nitrogens with zero attached hydrogens (tertiary/aromatic N) is 1. The molecule has 1 heterocycles. The quantitative estimate of drug-likeness (QED) is 0.693. The number of sulfone groups is 1. The van der Waals surface area contributed by atoms with Crippen LogP contribution in [0.15, 0.2) is 35.2 Å². The van der Waals surface area contributed by atoms with Crippen molar-refractivity contribution in [2.75, 3.05) is 18.1 Å². The van der Waals surface area contributed by atoms with Crippen LogP contribution in [0, 0.1) is 5.92 Å². The zero-order chi connectivity index (χ0) is 17.7. The van der Waals surface area contributed by atoms with E-state index in [9.17, 15) is 13.2 Å². The summed E-state index contributed by atoms with van der Waals surface area (Å²) in [5.41, 5.74) is 0. The van der Waals surface area contributed by atoms with Crippen LogP contribution in [0.5, 0.6) is 0 Å². The van der Waals surface area contributed by atoms with E-state index >= 15 is 0 Å². The Labute approximate surface area is 149 Å². The normalized spacial score (nSPS) is 20.9. The fraction of sp³-hybridized carbons (Fsp3) is 0.611. The highest BCUT2D eigenvalue weighted by atomic mass is 32.2. The largest absolute Gasteiger partial charge is 0.338 e. The molecule has 1 aromatic rings. The number of carbonyl (C=O) groups excluding carboxylic acids is 1. The van der Waals surface area contributed by atoms with Crippen molar-refractivity contribution in [2.24, 2.45) is 5.92 Å². The second-order valence-electron chi connectivity index (χ2n) is 6.68. The fourth-order valence-corrected chi connectivity index (χ4v) is 5.86. The van der Waals surface area contributed by atoms with Crippen molar-refractivity contribution in [2.45, 2.75) is 49.8 Å². The van der Waals surface area contributed by atoms with Crippen LogP contribution in [0.2, 0.25) is 0 Å². The Kier molecular flexibility index (Phi) is 6.75. The van der Waals surface area contributed by atoms with E-state index in [-0.39, 0.29) is 34.6 Å². The zero-order valence-corrected chi connectivity index (χ0v) is 16.3. The maximum Gasteiger partial charge on any atom is 0.236 e. The highest BCUT2D eigenvalue weighted by molar-refractivity contribution is 8.00. The van der Waals surface area contributed by atoms with Gasteiger partial charge in [-0.2, -0.15) is 0 Å². The molecule has 1 aliphatic heterocycles. The van der Waals surface area contributed by atoms with Gasteiger partial charge in [-0.25, -0.2) is 8.42 Å². The van der Waals surface area contributed by atoms with Crippen LogP contribution in [-0.2, 0) is 14.6 Å². The monoisotopic (exact) mass is 369 g/mol. The van der Waals surface area contributed by atoms with Gasteiger partial charge in [0.1, 0.15) is 0 Å². The molecule has 0 aromatic heterocycles. The smallest absolute Gasteiger partial charge is 0.236 e. The number of hydrogen-bond donors (Lipinski definition) is 0. The van der Waals surface area contributed by atoms with Crippen molar-refractivity contribution in [3.8, 4) is 0 Å². The van der Waals surface area contributed by atoms with E-state index in [1.165, 1.54) is 0 Å². The fourth-order valence-electron chi connectivity index (χ4n) is 3.02. The van der Waals surface area contributed by atoms with Gasteiger partial charge in [0.05, 0.1) is 16.8 Å². The molecule has 134 valence electrons. The summed E-state index contributed by atoms with van der Waals surface area (Å²) >= 11 is 1.58. The summed E-state index contributed by atoms with van der Waals surface area (Å²) in [4.78, 5) is 16.1. The predicted octanol–water partition coefficient (Wildman–Crippen LogP) is 3.23. The molecule has 0 saturated carbocycles. The van der Waals surface area contributed by atoms with Gasteiger partial charge in [0.15, 0.2) is 9.84 Å². The lowest BCUT2D eigenvalue weighted by molar-refractivity contribution is -0.133. The topological polar surface area (TPSA) is 54.5 Å². The molecule has 4 nitrogen and oxygen atoms in total. The maximum absolute atomic E-state index is 13.2. The van der Waals surface area contributed by atoms with Crippen molar-refractivity contribution >= 4 is 27.5 Å². The van der Waals surface area contributed by atoms with Gasteiger partial charge in [0, 0.05) is 17.5 Å². The molecule has 1 aliphatic rings. The first-order valence-corrected chi connectivity index (χ1v) is 11.3. The van der Waals surface area contributed by atoms with E-state index in [0.717, 1.165) is 11.3 Å². The molecule has 0 spiro atoms. The van der Waals surface area contributed by atoms with Gasteiger partial charge >= 0.3 is 0 Å². The minimum absolute atomic E-state index is 0.0720. The molecule has 1 amide bonds. The van der Waals surface area contributed by atoms with Gasteiger partial charge in [-0.3, -0.25) is 4.79 Å². The molecule has 24 heavy (non-hydrogen) atoms. The number of thioether (sulfide) groups is 1. The molecular weight excluding hydrogens is 342 g/mol. The Morgan fingerprint density at radius 1 is 1.29 bits per heavy atom. The summed E-state index contributed by atoms with van der Waals surface area (Å²) in [5, 5.41) is -0.192. The molecule has 2 atom stereocenters. The molecule has 1 aromatic carbocycles. The summed E-state index contributed by atoms with van der Waals surface area (Å²) < 4.78 is 23.6. The number of carbonyl (C=O) groups is 1. The maximum atomic E-state index is 13.2. The van der Waals surface area contributed by atoms with Crippen molar-refractivity contribution < 1.29 is 13.2 Å². The van der Waals surface area contributed by atoms with Gasteiger partial charge < -0.3 is 4.90 Å². The number of amides is 1. The van der Waals surface area contributed by atoms with Crippen LogP contribution in [0.1, 0.15) is 33.6 Å². The second kappa shape index (κ2) is 8.39. The molecule has 0 radical (unpaired) electrons. The third kappa shape index (κ3) is 4.99. The van der Waals surface area contributed by atoms with Crippen LogP contribution < -0.4 is 0 Å². The third-order valence-electron chi connectivity index (χ3n) is 4.25. The van der Waals surface area contributed by atoms with Crippen LogP contribution in [0.4, 0.5) is 0 Å². The molecule has 2 rings (SSSR count). The Hall–Kier alpha value is -1.01. The van der Waals surface area contributed by atoms with Gasteiger partial charge in [-0.05, 0) is 30.9 Å². The molecule has 6 heteroatoms. The van der Waals surface area contributed by atoms with Crippen LogP contribution in [0.25, 0.3) is 0 Å². The van der Waals surface area contributed by atoms with Crippen molar-refractivity contribution in [3.05, 3.63) is 30.3 Å². The van der Waals surface area contributed by atoms with E-state index < -0.39 is 9.84 Å². The molecule has 0 bridgehead atoms. The lowest BCUT2D eigenvalue weighted by Gasteiger charge is -2.32. The average molecular weight is 370 g/mol. The highest BCUT2D eigenvalue weighted by Crippen LogP contribution is 2.31. The Morgan fingerprint density at radius 2 is 1.96 bits per heavy atom. The van der Waals surface area contributed by atoms with E-state index in [4.69, 9.17) is 0 Å². The number of rotatable bonds is 7. The van der Waals surface area contributed by atoms with Gasteiger partial charge in [-0.1, -0.05) is 39.0 Å². The molecular formula is C18H27NO3S2. The van der Waals surface area contributed by atoms with Gasteiger partial charge in [0.25, 0.3) is 0 Å². The highest BCUT2D eigenvalue weighted by Gasteiger charge is 2.37. The van der Waals surface area contributed by atoms with Crippen LogP contribution in [-0.4, -0.2) is 48.6 Å². The van der Waals surface area contributed by atoms with Crippen molar-refractivity contribution in [3.63, 3.8) is 0 Å². The van der Waals surface area contributed by atoms with E-state index in [1.54, 1.807) is 11.8 Å². The van der Waals surface area contributed by atoms with Gasteiger partial charge in [0.2, 0.25) is 5.91 Å². The first kappa shape index (κ1) is 19.3. The zero-order valence-electron chi connectivity index (χ0n) is 14.6. The van der Waals surface area contributed by atoms with Crippen molar-refractivity contribution in [1.82, 2.24) is 4.90 Å². The van der Waals surface area contributed by atoms with E-state index in [1.807, 2.05) is 56.0 Å². The second-order valence-corrected chi connectivity index (χ2v) is 10.1. The molecule has 0 unspecified atom stereocenters. The Bertz CT molecular complexity index is 643. The van der Waals surface area contributed by atoms with Crippen molar-refractivity contribution in [1.29, 1.82) is 0 Å². The Balaban J connectivity index is 2.18. The molecule has 0 aliphatic carbocycles. The average Bonchev–Trinajstić information content (AvgIpc) is 2.90. The van der Waals surface area contributed by atoms with E-state index in [2.05, 4.69) is 0 Å². The molecule has 1 fully saturated rings. The Morgan fingerprint density at radius 3 is 2.46 bits per heavy atom. The SMILES string of the molecule is CCCN(C(=O)[C@@H](Sc1ccccc1)C(C)C)[C@H]1CCS(=O)(=O)C1. The molecule has 1 saturated heterocycles. The molecule has 0 N–H and O–H groups in total. The first-order valence-electron chi connectivity index (χ1n) is 8.56. The van der Waals surface area contributed by atoms with E-state index in [0.29, 0.717) is 13.0 Å². The van der Waals surface area contributed by atoms with Gasteiger partial charge in [-0.15, -0.1) is 11.8 Å². The summed E-state index contributed by atoms with van der Waals surface area (Å²) in [6.45, 7) is 6.75. The number of hydrogen-bond acceptors (Lipinski definition) is 4. The lowest BCUT2D eigenvalue weighted by Crippen LogP contribution is -2.47. The summed E-state index contributed by atoms with van der Waals surface area (Å²) in [5.74, 6) is 0.561. The minimum Gasteiger partial charge on any atom is -0.338 e.